The first-order valence-corrected chi connectivity index (χ1v) is 13.8. The lowest BCUT2D eigenvalue weighted by molar-refractivity contribution is -0.149. The maximum atomic E-state index is 14.6. The molecule has 2 unspecified atom stereocenters. The Hall–Kier alpha value is -3.38. The molecule has 1 aromatic rings. The Morgan fingerprint density at radius 3 is 2.49 bits per heavy atom. The molecule has 6 atom stereocenters. The highest BCUT2D eigenvalue weighted by atomic mass is 19.4. The van der Waals surface area contributed by atoms with Crippen LogP contribution in [0.2, 0.25) is 0 Å². The number of aliphatic hydroxyl groups excluding tert-OH is 2. The van der Waals surface area contributed by atoms with Gasteiger partial charge in [-0.05, 0) is 61.3 Å². The van der Waals surface area contributed by atoms with Crippen LogP contribution in [0.1, 0.15) is 79.0 Å². The highest BCUT2D eigenvalue weighted by Gasteiger charge is 2.63. The number of phenolic OH excluding ortho intramolecular Hbond substituents is 1. The van der Waals surface area contributed by atoms with Crippen molar-refractivity contribution in [3.05, 3.63) is 51.0 Å². The van der Waals surface area contributed by atoms with E-state index in [-0.39, 0.29) is 12.0 Å². The molecule has 1 fully saturated rings. The van der Waals surface area contributed by atoms with Crippen molar-refractivity contribution in [1.82, 2.24) is 5.32 Å². The number of primary amides is 1. The van der Waals surface area contributed by atoms with Crippen LogP contribution < -0.4 is 11.1 Å². The number of aliphatic hydroxyl groups is 3. The first-order chi connectivity index (χ1) is 19.2. The number of amides is 1. The van der Waals surface area contributed by atoms with Gasteiger partial charge in [0.15, 0.2) is 11.4 Å². The molecule has 5 rings (SSSR count). The number of Topliss-reactive ketones (excluding diaryl/α,β-unsaturated/α-hetero) is 2. The standard InChI is InChI=1S/C29H33F3N2O7/c1-3-5-11(2)18-15-9-12-8-14-20(17(35)10-13(16-6-4-7-34-16)22(14)29(30,31)32)24(37)19(12)25(38)28(15,41)26(39)21(23(18)36)27(33)40/h10-12,15-16,18,34-36,38,41H,3-9H2,1-2H3,(H2,33,40)/t11?,12-,15-,16?,18-,28-/m0/s1. The van der Waals surface area contributed by atoms with E-state index in [2.05, 4.69) is 5.32 Å². The molecular formula is C29H33F3N2O7. The number of carbonyl (C=O) groups is 3. The summed E-state index contributed by atoms with van der Waals surface area (Å²) < 4.78 is 43.8. The fourth-order valence-corrected chi connectivity index (χ4v) is 7.68. The number of fused-ring (bicyclic) bond motifs is 3. The number of phenols is 1. The molecule has 3 aliphatic carbocycles. The fourth-order valence-electron chi connectivity index (χ4n) is 7.68. The minimum atomic E-state index is -4.87. The van der Waals surface area contributed by atoms with E-state index >= 15 is 0 Å². The van der Waals surface area contributed by atoms with Gasteiger partial charge in [0.25, 0.3) is 5.91 Å². The number of ketones is 2. The molecular weight excluding hydrogens is 545 g/mol. The number of carbonyl (C=O) groups excluding carboxylic acids is 3. The minimum Gasteiger partial charge on any atom is -0.511 e. The van der Waals surface area contributed by atoms with Crippen molar-refractivity contribution in [2.45, 2.75) is 70.2 Å². The van der Waals surface area contributed by atoms with Crippen LogP contribution >= 0.6 is 0 Å². The molecule has 1 saturated heterocycles. The number of benzene rings is 1. The molecule has 7 N–H and O–H groups in total. The Labute approximate surface area is 233 Å². The minimum absolute atomic E-state index is 0.169. The normalized spacial score (nSPS) is 30.7. The SMILES string of the molecule is CCCC(C)[C@@H]1C(O)=C(C(N)=O)C(=O)[C@@]2(O)C(O)=C3C(=O)c4c(O)cc(C5CCCN5)c(C(F)(F)F)c4C[C@H]3C[C@@H]12. The number of hydrogen-bond acceptors (Lipinski definition) is 8. The molecule has 4 aliphatic rings. The summed E-state index contributed by atoms with van der Waals surface area (Å²) in [6, 6.07) is 0.241. The second kappa shape index (κ2) is 9.87. The first kappa shape index (κ1) is 29.1. The second-order valence-electron chi connectivity index (χ2n) is 11.7. The van der Waals surface area contributed by atoms with Crippen molar-refractivity contribution in [3.63, 3.8) is 0 Å². The third-order valence-electron chi connectivity index (χ3n) is 9.36. The molecule has 222 valence electrons. The van der Waals surface area contributed by atoms with Crippen molar-refractivity contribution in [1.29, 1.82) is 0 Å². The zero-order valence-electron chi connectivity index (χ0n) is 22.6. The molecule has 0 bridgehead atoms. The molecule has 0 radical (unpaired) electrons. The van der Waals surface area contributed by atoms with Crippen LogP contribution in [0.5, 0.6) is 5.75 Å². The molecule has 1 heterocycles. The predicted molar refractivity (Wildman–Crippen MR) is 139 cm³/mol. The van der Waals surface area contributed by atoms with Crippen LogP contribution in [0.4, 0.5) is 13.2 Å². The monoisotopic (exact) mass is 578 g/mol. The number of aromatic hydroxyl groups is 1. The fraction of sp³-hybridized carbons (Fsp3) is 0.552. The van der Waals surface area contributed by atoms with E-state index in [0.29, 0.717) is 32.2 Å². The molecule has 1 amide bonds. The van der Waals surface area contributed by atoms with Gasteiger partial charge in [-0.15, -0.1) is 0 Å². The van der Waals surface area contributed by atoms with Crippen molar-refractivity contribution in [2.75, 3.05) is 6.54 Å². The molecule has 1 aliphatic heterocycles. The Bertz CT molecular complexity index is 1410. The van der Waals surface area contributed by atoms with Gasteiger partial charge >= 0.3 is 6.18 Å². The van der Waals surface area contributed by atoms with Crippen LogP contribution in [0.15, 0.2) is 28.7 Å². The van der Waals surface area contributed by atoms with Crippen LogP contribution in [0.3, 0.4) is 0 Å². The summed E-state index contributed by atoms with van der Waals surface area (Å²) in [7, 11) is 0. The smallest absolute Gasteiger partial charge is 0.417 e. The summed E-state index contributed by atoms with van der Waals surface area (Å²) in [5, 5.41) is 48.1. The summed E-state index contributed by atoms with van der Waals surface area (Å²) in [4.78, 5) is 39.5. The van der Waals surface area contributed by atoms with Gasteiger partial charge in [-0.25, -0.2) is 0 Å². The zero-order valence-corrected chi connectivity index (χ0v) is 22.6. The number of alkyl halides is 3. The number of allylic oxidation sites excluding steroid dienone is 2. The van der Waals surface area contributed by atoms with Gasteiger partial charge < -0.3 is 31.5 Å². The van der Waals surface area contributed by atoms with Crippen molar-refractivity contribution in [3.8, 4) is 5.75 Å². The molecule has 1 aromatic carbocycles. The first-order valence-electron chi connectivity index (χ1n) is 13.8. The number of rotatable bonds is 5. The second-order valence-corrected chi connectivity index (χ2v) is 11.7. The number of nitrogens with one attached hydrogen (secondary N) is 1. The molecule has 9 nitrogen and oxygen atoms in total. The lowest BCUT2D eigenvalue weighted by Gasteiger charge is -2.50. The third-order valence-corrected chi connectivity index (χ3v) is 9.36. The highest BCUT2D eigenvalue weighted by Crippen LogP contribution is 2.56. The molecule has 12 heteroatoms. The van der Waals surface area contributed by atoms with Gasteiger partial charge in [0.2, 0.25) is 5.78 Å². The van der Waals surface area contributed by atoms with Crippen molar-refractivity contribution in [2.24, 2.45) is 29.4 Å². The highest BCUT2D eigenvalue weighted by molar-refractivity contribution is 6.24. The van der Waals surface area contributed by atoms with Gasteiger partial charge in [-0.1, -0.05) is 26.7 Å². The lowest BCUT2D eigenvalue weighted by atomic mass is 9.55. The summed E-state index contributed by atoms with van der Waals surface area (Å²) in [5.41, 5.74) is -1.07. The van der Waals surface area contributed by atoms with E-state index < -0.39 is 110 Å². The summed E-state index contributed by atoms with van der Waals surface area (Å²) in [6.07, 6.45) is -3.37. The van der Waals surface area contributed by atoms with Gasteiger partial charge in [-0.2, -0.15) is 13.2 Å². The van der Waals surface area contributed by atoms with Crippen LogP contribution in [0, 0.1) is 23.7 Å². The summed E-state index contributed by atoms with van der Waals surface area (Å²) >= 11 is 0. The van der Waals surface area contributed by atoms with E-state index in [4.69, 9.17) is 5.73 Å². The predicted octanol–water partition coefficient (Wildman–Crippen LogP) is 3.69. The maximum absolute atomic E-state index is 14.6. The quantitative estimate of drug-likeness (QED) is 0.287. The average Bonchev–Trinajstić information content (AvgIpc) is 3.40. The van der Waals surface area contributed by atoms with Crippen LogP contribution in [-0.4, -0.2) is 50.0 Å². The average molecular weight is 579 g/mol. The Kier molecular flexibility index (Phi) is 7.01. The van der Waals surface area contributed by atoms with Crippen LogP contribution in [0.25, 0.3) is 0 Å². The van der Waals surface area contributed by atoms with Crippen LogP contribution in [-0.2, 0) is 22.2 Å². The Morgan fingerprint density at radius 1 is 1.24 bits per heavy atom. The van der Waals surface area contributed by atoms with Gasteiger partial charge in [0, 0.05) is 23.5 Å². The van der Waals surface area contributed by atoms with Gasteiger partial charge in [0.1, 0.15) is 22.8 Å². The Balaban J connectivity index is 1.73. The maximum Gasteiger partial charge on any atom is 0.417 e. The molecule has 0 aromatic heterocycles. The van der Waals surface area contributed by atoms with E-state index in [1.165, 1.54) is 0 Å². The van der Waals surface area contributed by atoms with E-state index in [1.54, 1.807) is 6.92 Å². The molecule has 41 heavy (non-hydrogen) atoms. The summed E-state index contributed by atoms with van der Waals surface area (Å²) in [6.45, 7) is 4.08. The third kappa shape index (κ3) is 4.17. The number of hydrogen-bond donors (Lipinski definition) is 6. The van der Waals surface area contributed by atoms with E-state index in [1.807, 2.05) is 6.92 Å². The number of nitrogens with two attached hydrogens (primary N) is 1. The van der Waals surface area contributed by atoms with Gasteiger partial charge in [0.05, 0.1) is 11.1 Å². The van der Waals surface area contributed by atoms with E-state index in [0.717, 1.165) is 6.07 Å². The lowest BCUT2D eigenvalue weighted by Crippen LogP contribution is -2.60. The Morgan fingerprint density at radius 2 is 1.93 bits per heavy atom. The van der Waals surface area contributed by atoms with Gasteiger partial charge in [-0.3, -0.25) is 14.4 Å². The zero-order chi connectivity index (χ0) is 30.2. The molecule has 0 saturated carbocycles. The van der Waals surface area contributed by atoms with Crippen molar-refractivity contribution >= 4 is 17.5 Å². The largest absolute Gasteiger partial charge is 0.511 e. The molecule has 0 spiro atoms. The topological polar surface area (TPSA) is 170 Å². The summed E-state index contributed by atoms with van der Waals surface area (Å²) in [5.74, 6) is -10.1. The number of halogens is 3. The van der Waals surface area contributed by atoms with Crippen molar-refractivity contribution < 1.29 is 48.0 Å². The van der Waals surface area contributed by atoms with E-state index in [9.17, 15) is 48.0 Å².